The zero-order valence-electron chi connectivity index (χ0n) is 20.8. The Morgan fingerprint density at radius 3 is 2.84 bits per heavy atom. The summed E-state index contributed by atoms with van der Waals surface area (Å²) in [5.74, 6) is 0.478. The topological polar surface area (TPSA) is 143 Å². The SMILES string of the molecule is CC(=O)NOc1nc(NCc2ncccc2F)c2nc(CCNCCc3nc4ccc(C)cc4[nH]3)sc2n1. The number of imidazole rings is 1. The van der Waals surface area contributed by atoms with Crippen molar-refractivity contribution in [2.75, 3.05) is 18.4 Å². The molecular formula is C25H26FN9O2S. The van der Waals surface area contributed by atoms with Gasteiger partial charge in [0, 0.05) is 39.1 Å². The fraction of sp³-hybridized carbons (Fsp3) is 0.280. The lowest BCUT2D eigenvalue weighted by atomic mass is 10.2. The minimum atomic E-state index is -0.428. The summed E-state index contributed by atoms with van der Waals surface area (Å²) in [7, 11) is 0. The number of hydrogen-bond donors (Lipinski definition) is 4. The van der Waals surface area contributed by atoms with Gasteiger partial charge in [0.15, 0.2) is 10.6 Å². The normalized spacial score (nSPS) is 11.2. The predicted octanol–water partition coefficient (Wildman–Crippen LogP) is 3.22. The second-order valence-corrected chi connectivity index (χ2v) is 9.68. The van der Waals surface area contributed by atoms with E-state index in [1.165, 1.54) is 42.2 Å². The van der Waals surface area contributed by atoms with Gasteiger partial charge in [0.2, 0.25) is 5.91 Å². The fourth-order valence-electron chi connectivity index (χ4n) is 3.78. The van der Waals surface area contributed by atoms with Gasteiger partial charge in [0.25, 0.3) is 0 Å². The summed E-state index contributed by atoms with van der Waals surface area (Å²) in [4.78, 5) is 42.4. The van der Waals surface area contributed by atoms with Gasteiger partial charge in [-0.05, 0) is 36.8 Å². The van der Waals surface area contributed by atoms with Crippen LogP contribution in [-0.4, -0.2) is 48.9 Å². The monoisotopic (exact) mass is 535 g/mol. The van der Waals surface area contributed by atoms with Crippen molar-refractivity contribution in [3.05, 3.63) is 64.4 Å². The lowest BCUT2D eigenvalue weighted by Crippen LogP contribution is -2.25. The molecule has 38 heavy (non-hydrogen) atoms. The minimum Gasteiger partial charge on any atom is -0.362 e. The number of nitrogens with zero attached hydrogens (tertiary/aromatic N) is 5. The van der Waals surface area contributed by atoms with Crippen molar-refractivity contribution in [1.29, 1.82) is 0 Å². The van der Waals surface area contributed by atoms with Gasteiger partial charge in [-0.25, -0.2) is 14.4 Å². The summed E-state index contributed by atoms with van der Waals surface area (Å²) in [6.45, 7) is 4.94. The molecule has 0 fully saturated rings. The molecule has 4 aromatic heterocycles. The summed E-state index contributed by atoms with van der Waals surface area (Å²) in [5.41, 5.74) is 6.21. The largest absolute Gasteiger partial charge is 0.362 e. The van der Waals surface area contributed by atoms with Crippen molar-refractivity contribution in [2.24, 2.45) is 0 Å². The van der Waals surface area contributed by atoms with Crippen LogP contribution in [0.3, 0.4) is 0 Å². The first-order valence-corrected chi connectivity index (χ1v) is 12.9. The first kappa shape index (κ1) is 25.4. The number of anilines is 1. The molecule has 4 heterocycles. The molecule has 0 bridgehead atoms. The summed E-state index contributed by atoms with van der Waals surface area (Å²) in [6.07, 6.45) is 2.97. The Balaban J connectivity index is 1.23. The molecule has 196 valence electrons. The molecule has 1 amide bonds. The molecule has 0 spiro atoms. The van der Waals surface area contributed by atoms with Crippen molar-refractivity contribution in [1.82, 2.24) is 40.7 Å². The molecule has 13 heteroatoms. The standard InChI is InChI=1S/C25H26FN9O2S/c1-14-5-6-17-18(12-14)31-20(30-17)7-10-27-11-8-21-32-22-23(29-13-19-16(26)4-3-9-28-19)33-25(34-24(22)38-21)37-35-15(2)36/h3-6,9,12,27H,7-8,10-11,13H2,1-2H3,(H,30,31)(H,35,36)(H,29,33,34). The molecule has 5 aromatic rings. The highest BCUT2D eigenvalue weighted by molar-refractivity contribution is 7.18. The van der Waals surface area contributed by atoms with Crippen LogP contribution in [0.2, 0.25) is 0 Å². The smallest absolute Gasteiger partial charge is 0.346 e. The molecule has 0 aliphatic carbocycles. The number of aromatic nitrogens is 6. The molecule has 1 aromatic carbocycles. The van der Waals surface area contributed by atoms with E-state index in [2.05, 4.69) is 60.1 Å². The van der Waals surface area contributed by atoms with Gasteiger partial charge >= 0.3 is 6.01 Å². The summed E-state index contributed by atoms with van der Waals surface area (Å²) in [6, 6.07) is 8.99. The molecule has 0 unspecified atom stereocenters. The first-order valence-electron chi connectivity index (χ1n) is 12.0. The predicted molar refractivity (Wildman–Crippen MR) is 142 cm³/mol. The highest BCUT2D eigenvalue weighted by Gasteiger charge is 2.16. The molecule has 4 N–H and O–H groups in total. The molecule has 0 saturated heterocycles. The van der Waals surface area contributed by atoms with Gasteiger partial charge < -0.3 is 20.5 Å². The van der Waals surface area contributed by atoms with Gasteiger partial charge in [-0.1, -0.05) is 17.4 Å². The third-order valence-electron chi connectivity index (χ3n) is 5.57. The average molecular weight is 536 g/mol. The van der Waals surface area contributed by atoms with Crippen LogP contribution in [0, 0.1) is 12.7 Å². The van der Waals surface area contributed by atoms with Gasteiger partial charge in [-0.2, -0.15) is 15.4 Å². The summed E-state index contributed by atoms with van der Waals surface area (Å²) < 4.78 is 14.0. The number of amides is 1. The number of halogens is 1. The Bertz CT molecular complexity index is 1590. The van der Waals surface area contributed by atoms with E-state index in [0.717, 1.165) is 34.8 Å². The number of nitrogens with one attached hydrogen (secondary N) is 4. The van der Waals surface area contributed by atoms with Crippen LogP contribution in [0.25, 0.3) is 21.4 Å². The Labute approximate surface area is 221 Å². The lowest BCUT2D eigenvalue weighted by molar-refractivity contribution is -0.125. The number of hydroxylamine groups is 1. The second-order valence-electron chi connectivity index (χ2n) is 8.62. The number of thiazole rings is 1. The maximum atomic E-state index is 14.0. The van der Waals surface area contributed by atoms with E-state index in [1.807, 2.05) is 6.07 Å². The van der Waals surface area contributed by atoms with E-state index < -0.39 is 11.7 Å². The number of H-pyrrole nitrogens is 1. The van der Waals surface area contributed by atoms with Crippen LogP contribution in [0.15, 0.2) is 36.5 Å². The van der Waals surface area contributed by atoms with E-state index in [-0.39, 0.29) is 18.2 Å². The number of rotatable bonds is 11. The van der Waals surface area contributed by atoms with E-state index in [1.54, 1.807) is 0 Å². The average Bonchev–Trinajstić information content (AvgIpc) is 3.49. The van der Waals surface area contributed by atoms with E-state index in [0.29, 0.717) is 29.1 Å². The van der Waals surface area contributed by atoms with Crippen molar-refractivity contribution in [3.63, 3.8) is 0 Å². The quantitative estimate of drug-likeness (QED) is 0.148. The number of aromatic amines is 1. The minimum absolute atomic E-state index is 0.0500. The number of benzene rings is 1. The van der Waals surface area contributed by atoms with Crippen LogP contribution in [0.5, 0.6) is 6.01 Å². The maximum absolute atomic E-state index is 14.0. The number of fused-ring (bicyclic) bond motifs is 2. The number of hydrogen-bond acceptors (Lipinski definition) is 10. The van der Waals surface area contributed by atoms with Crippen molar-refractivity contribution in [2.45, 2.75) is 33.2 Å². The first-order chi connectivity index (χ1) is 18.4. The summed E-state index contributed by atoms with van der Waals surface area (Å²) in [5, 5.41) is 7.35. The Morgan fingerprint density at radius 1 is 1.13 bits per heavy atom. The molecule has 11 nitrogen and oxygen atoms in total. The van der Waals surface area contributed by atoms with Crippen LogP contribution in [0.4, 0.5) is 10.2 Å². The van der Waals surface area contributed by atoms with E-state index >= 15 is 0 Å². The lowest BCUT2D eigenvalue weighted by Gasteiger charge is -2.08. The van der Waals surface area contributed by atoms with Crippen LogP contribution in [-0.2, 0) is 24.2 Å². The number of pyridine rings is 1. The zero-order chi connectivity index (χ0) is 26.5. The summed E-state index contributed by atoms with van der Waals surface area (Å²) >= 11 is 1.40. The van der Waals surface area contributed by atoms with E-state index in [4.69, 9.17) is 9.82 Å². The second kappa shape index (κ2) is 11.4. The number of carbonyl (C=O) groups is 1. The molecule has 0 aliphatic heterocycles. The van der Waals surface area contributed by atoms with Crippen molar-refractivity contribution < 1.29 is 14.0 Å². The van der Waals surface area contributed by atoms with Crippen molar-refractivity contribution >= 4 is 44.4 Å². The fourth-order valence-corrected chi connectivity index (χ4v) is 4.70. The van der Waals surface area contributed by atoms with Gasteiger partial charge in [0.05, 0.1) is 28.3 Å². The van der Waals surface area contributed by atoms with Crippen LogP contribution < -0.4 is 21.0 Å². The highest BCUT2D eigenvalue weighted by atomic mass is 32.1. The molecule has 0 saturated carbocycles. The molecule has 0 aliphatic rings. The molecule has 0 atom stereocenters. The number of aryl methyl sites for hydroxylation is 1. The molecular weight excluding hydrogens is 509 g/mol. The third kappa shape index (κ3) is 6.18. The van der Waals surface area contributed by atoms with Crippen LogP contribution in [0.1, 0.15) is 29.0 Å². The Morgan fingerprint density at radius 2 is 2.00 bits per heavy atom. The van der Waals surface area contributed by atoms with Gasteiger partial charge in [-0.15, -0.1) is 0 Å². The Hall–Kier alpha value is -4.23. The third-order valence-corrected chi connectivity index (χ3v) is 6.58. The van der Waals surface area contributed by atoms with Gasteiger partial charge in [0.1, 0.15) is 17.2 Å². The Kier molecular flexibility index (Phi) is 7.65. The van der Waals surface area contributed by atoms with Crippen molar-refractivity contribution in [3.8, 4) is 6.01 Å². The van der Waals surface area contributed by atoms with Gasteiger partial charge in [-0.3, -0.25) is 9.78 Å². The maximum Gasteiger partial charge on any atom is 0.346 e. The van der Waals surface area contributed by atoms with Crippen LogP contribution >= 0.6 is 11.3 Å². The molecule has 5 rings (SSSR count). The number of carbonyl (C=O) groups excluding carboxylic acids is 1. The highest BCUT2D eigenvalue weighted by Crippen LogP contribution is 2.28. The van der Waals surface area contributed by atoms with E-state index in [9.17, 15) is 9.18 Å². The molecule has 0 radical (unpaired) electrons. The zero-order valence-corrected chi connectivity index (χ0v) is 21.7.